The molecule has 0 aromatic heterocycles. The number of carbonyl (C=O) groups is 1. The number of anilines is 1. The highest BCUT2D eigenvalue weighted by atomic mass is 16.5. The number of hydrogen-bond acceptors (Lipinski definition) is 4. The van der Waals surface area contributed by atoms with Gasteiger partial charge in [-0.3, -0.25) is 4.79 Å². The summed E-state index contributed by atoms with van der Waals surface area (Å²) in [6.45, 7) is 7.25. The molecule has 0 atom stereocenters. The summed E-state index contributed by atoms with van der Waals surface area (Å²) in [5.74, 6) is -0.0810. The first-order valence-electron chi connectivity index (χ1n) is 7.00. The van der Waals surface area contributed by atoms with Crippen LogP contribution in [0.2, 0.25) is 0 Å². The van der Waals surface area contributed by atoms with E-state index < -0.39 is 0 Å². The van der Waals surface area contributed by atoms with Gasteiger partial charge in [0.25, 0.3) is 5.91 Å². The van der Waals surface area contributed by atoms with E-state index >= 15 is 0 Å². The zero-order valence-corrected chi connectivity index (χ0v) is 12.3. The Morgan fingerprint density at radius 2 is 1.65 bits per heavy atom. The predicted octanol–water partition coefficient (Wildman–Crippen LogP) is 1.78. The molecule has 0 aliphatic heterocycles. The highest BCUT2D eigenvalue weighted by Crippen LogP contribution is 2.13. The minimum Gasteiger partial charge on any atom is -0.398 e. The van der Waals surface area contributed by atoms with Gasteiger partial charge < -0.3 is 20.1 Å². The number of nitrogens with two attached hydrogens (primary N) is 1. The van der Waals surface area contributed by atoms with Crippen LogP contribution in [0, 0.1) is 0 Å². The van der Waals surface area contributed by atoms with Crippen molar-refractivity contribution < 1.29 is 14.3 Å². The second kappa shape index (κ2) is 9.34. The van der Waals surface area contributed by atoms with E-state index in [-0.39, 0.29) is 5.91 Å². The topological polar surface area (TPSA) is 64.8 Å². The Hall–Kier alpha value is -1.59. The molecule has 0 radical (unpaired) electrons. The zero-order chi connectivity index (χ0) is 14.8. The second-order valence-corrected chi connectivity index (χ2v) is 4.27. The van der Waals surface area contributed by atoms with Crippen molar-refractivity contribution in [1.29, 1.82) is 0 Å². The third kappa shape index (κ3) is 5.19. The Balaban J connectivity index is 2.69. The zero-order valence-electron chi connectivity index (χ0n) is 12.3. The summed E-state index contributed by atoms with van der Waals surface area (Å²) >= 11 is 0. The molecule has 2 N–H and O–H groups in total. The molecule has 0 saturated heterocycles. The van der Waals surface area contributed by atoms with Gasteiger partial charge >= 0.3 is 0 Å². The maximum Gasteiger partial charge on any atom is 0.256 e. The van der Waals surface area contributed by atoms with E-state index in [0.717, 1.165) is 0 Å². The molecule has 1 aromatic carbocycles. The van der Waals surface area contributed by atoms with Crippen LogP contribution in [0.3, 0.4) is 0 Å². The van der Waals surface area contributed by atoms with Crippen LogP contribution in [-0.4, -0.2) is 50.3 Å². The summed E-state index contributed by atoms with van der Waals surface area (Å²) in [6.07, 6.45) is 0. The molecule has 1 amide bonds. The molecule has 0 fully saturated rings. The molecule has 20 heavy (non-hydrogen) atoms. The average Bonchev–Trinajstić information content (AvgIpc) is 2.46. The SMILES string of the molecule is CCOCCN(CCOCC)C(=O)c1ccccc1N. The molecule has 1 aromatic rings. The summed E-state index contributed by atoms with van der Waals surface area (Å²) in [6, 6.07) is 7.10. The predicted molar refractivity (Wildman–Crippen MR) is 79.7 cm³/mol. The van der Waals surface area contributed by atoms with E-state index in [1.54, 1.807) is 17.0 Å². The molecule has 5 nitrogen and oxygen atoms in total. The molecule has 0 unspecified atom stereocenters. The van der Waals surface area contributed by atoms with E-state index in [9.17, 15) is 4.79 Å². The van der Waals surface area contributed by atoms with Crippen molar-refractivity contribution in [2.24, 2.45) is 0 Å². The second-order valence-electron chi connectivity index (χ2n) is 4.27. The van der Waals surface area contributed by atoms with Crippen LogP contribution in [0.25, 0.3) is 0 Å². The monoisotopic (exact) mass is 280 g/mol. The van der Waals surface area contributed by atoms with Gasteiger partial charge in [-0.2, -0.15) is 0 Å². The van der Waals surface area contributed by atoms with E-state index in [4.69, 9.17) is 15.2 Å². The number of benzene rings is 1. The van der Waals surface area contributed by atoms with Crippen molar-refractivity contribution in [2.45, 2.75) is 13.8 Å². The third-order valence-corrected chi connectivity index (χ3v) is 2.90. The van der Waals surface area contributed by atoms with E-state index in [1.807, 2.05) is 26.0 Å². The highest BCUT2D eigenvalue weighted by Gasteiger charge is 2.17. The Morgan fingerprint density at radius 1 is 1.10 bits per heavy atom. The quantitative estimate of drug-likeness (QED) is 0.553. The summed E-state index contributed by atoms with van der Waals surface area (Å²) in [4.78, 5) is 14.2. The van der Waals surface area contributed by atoms with Gasteiger partial charge in [0.2, 0.25) is 0 Å². The van der Waals surface area contributed by atoms with Crippen LogP contribution in [0.5, 0.6) is 0 Å². The fraction of sp³-hybridized carbons (Fsp3) is 0.533. The number of carbonyl (C=O) groups excluding carboxylic acids is 1. The maximum absolute atomic E-state index is 12.5. The van der Waals surface area contributed by atoms with E-state index in [0.29, 0.717) is 50.8 Å². The molecule has 112 valence electrons. The van der Waals surface area contributed by atoms with Crippen molar-refractivity contribution in [3.8, 4) is 0 Å². The lowest BCUT2D eigenvalue weighted by molar-refractivity contribution is 0.0551. The van der Waals surface area contributed by atoms with Crippen LogP contribution in [0.1, 0.15) is 24.2 Å². The molecular weight excluding hydrogens is 256 g/mol. The van der Waals surface area contributed by atoms with Crippen LogP contribution < -0.4 is 5.73 Å². The third-order valence-electron chi connectivity index (χ3n) is 2.90. The first-order valence-corrected chi connectivity index (χ1v) is 7.00. The van der Waals surface area contributed by atoms with Gasteiger partial charge in [-0.1, -0.05) is 12.1 Å². The van der Waals surface area contributed by atoms with Crippen LogP contribution in [-0.2, 0) is 9.47 Å². The largest absolute Gasteiger partial charge is 0.398 e. The summed E-state index contributed by atoms with van der Waals surface area (Å²) in [7, 11) is 0. The molecule has 0 aliphatic rings. The minimum absolute atomic E-state index is 0.0810. The normalized spacial score (nSPS) is 10.5. The van der Waals surface area contributed by atoms with Crippen LogP contribution in [0.4, 0.5) is 5.69 Å². The molecular formula is C15H24N2O3. The Bertz CT molecular complexity index is 400. The number of amides is 1. The molecule has 0 heterocycles. The molecule has 1 rings (SSSR count). The molecule has 0 saturated carbocycles. The Labute approximate surface area is 120 Å². The van der Waals surface area contributed by atoms with Crippen molar-refractivity contribution in [3.63, 3.8) is 0 Å². The number of ether oxygens (including phenoxy) is 2. The lowest BCUT2D eigenvalue weighted by atomic mass is 10.1. The molecule has 0 aliphatic carbocycles. The minimum atomic E-state index is -0.0810. The fourth-order valence-electron chi connectivity index (χ4n) is 1.82. The van der Waals surface area contributed by atoms with Crippen LogP contribution >= 0.6 is 0 Å². The Kier molecular flexibility index (Phi) is 7.69. The van der Waals surface area contributed by atoms with E-state index in [2.05, 4.69) is 0 Å². The fourth-order valence-corrected chi connectivity index (χ4v) is 1.82. The van der Waals surface area contributed by atoms with Crippen LogP contribution in [0.15, 0.2) is 24.3 Å². The van der Waals surface area contributed by atoms with E-state index in [1.165, 1.54) is 0 Å². The first-order chi connectivity index (χ1) is 9.70. The molecule has 5 heteroatoms. The average molecular weight is 280 g/mol. The first kappa shape index (κ1) is 16.5. The maximum atomic E-state index is 12.5. The number of nitrogens with zero attached hydrogens (tertiary/aromatic N) is 1. The lowest BCUT2D eigenvalue weighted by Gasteiger charge is -2.23. The van der Waals surface area contributed by atoms with Crippen molar-refractivity contribution in [1.82, 2.24) is 4.90 Å². The molecule has 0 spiro atoms. The van der Waals surface area contributed by atoms with Crippen molar-refractivity contribution in [2.75, 3.05) is 45.3 Å². The van der Waals surface area contributed by atoms with Crippen molar-refractivity contribution >= 4 is 11.6 Å². The number of hydrogen-bond donors (Lipinski definition) is 1. The van der Waals surface area contributed by atoms with Gasteiger partial charge in [0.1, 0.15) is 0 Å². The van der Waals surface area contributed by atoms with Gasteiger partial charge in [-0.05, 0) is 26.0 Å². The smallest absolute Gasteiger partial charge is 0.256 e. The number of nitrogen functional groups attached to an aromatic ring is 1. The van der Waals surface area contributed by atoms with Gasteiger partial charge in [0.05, 0.1) is 18.8 Å². The molecule has 0 bridgehead atoms. The Morgan fingerprint density at radius 3 is 2.15 bits per heavy atom. The summed E-state index contributed by atoms with van der Waals surface area (Å²) < 4.78 is 10.6. The lowest BCUT2D eigenvalue weighted by Crippen LogP contribution is -2.37. The highest BCUT2D eigenvalue weighted by molar-refractivity contribution is 5.99. The van der Waals surface area contributed by atoms with Crippen molar-refractivity contribution in [3.05, 3.63) is 29.8 Å². The standard InChI is InChI=1S/C15H24N2O3/c1-3-19-11-9-17(10-12-20-4-2)15(18)13-7-5-6-8-14(13)16/h5-8H,3-4,9-12,16H2,1-2H3. The van der Waals surface area contributed by atoms with Gasteiger partial charge in [-0.15, -0.1) is 0 Å². The summed E-state index contributed by atoms with van der Waals surface area (Å²) in [5.41, 5.74) is 6.88. The number of para-hydroxylation sites is 1. The van der Waals surface area contributed by atoms with Gasteiger partial charge in [-0.25, -0.2) is 0 Å². The summed E-state index contributed by atoms with van der Waals surface area (Å²) in [5, 5.41) is 0. The van der Waals surface area contributed by atoms with Gasteiger partial charge in [0, 0.05) is 32.0 Å². The number of rotatable bonds is 9. The van der Waals surface area contributed by atoms with Gasteiger partial charge in [0.15, 0.2) is 0 Å².